The molecule has 2 nitrogen and oxygen atoms in total. The molecule has 0 bridgehead atoms. The Morgan fingerprint density at radius 3 is 2.61 bits per heavy atom. The lowest BCUT2D eigenvalue weighted by molar-refractivity contribution is 0.403. The van der Waals surface area contributed by atoms with Gasteiger partial charge in [-0.15, -0.1) is 11.8 Å². The molecule has 0 aromatic heterocycles. The first-order valence-electron chi connectivity index (χ1n) is 11.1. The second kappa shape index (κ2) is 12.5. The van der Waals surface area contributed by atoms with Gasteiger partial charge in [-0.25, -0.2) is 0 Å². The molecule has 1 aliphatic heterocycles. The highest BCUT2D eigenvalue weighted by atomic mass is 32.2. The lowest BCUT2D eigenvalue weighted by atomic mass is 9.98. The van der Waals surface area contributed by atoms with Gasteiger partial charge in [0.15, 0.2) is 0 Å². The minimum absolute atomic E-state index is 0.500. The minimum atomic E-state index is 0.500. The number of hydrogen-bond acceptors (Lipinski definition) is 4. The van der Waals surface area contributed by atoms with E-state index in [0.29, 0.717) is 5.25 Å². The third-order valence-corrected chi connectivity index (χ3v) is 7.02. The van der Waals surface area contributed by atoms with Crippen molar-refractivity contribution in [1.82, 2.24) is 0 Å². The first-order valence-corrected chi connectivity index (χ1v) is 12.7. The van der Waals surface area contributed by atoms with Gasteiger partial charge in [-0.3, -0.25) is 0 Å². The van der Waals surface area contributed by atoms with Gasteiger partial charge in [-0.05, 0) is 49.7 Å². The van der Waals surface area contributed by atoms with Crippen LogP contribution in [-0.4, -0.2) is 11.0 Å². The molecule has 0 amide bonds. The Morgan fingerprint density at radius 2 is 1.88 bits per heavy atom. The highest BCUT2D eigenvalue weighted by molar-refractivity contribution is 8.00. The zero-order valence-electron chi connectivity index (χ0n) is 19.7. The van der Waals surface area contributed by atoms with E-state index in [0.717, 1.165) is 17.0 Å². The number of hydrogen-bond donors (Lipinski definition) is 0. The fourth-order valence-electron chi connectivity index (χ4n) is 3.38. The maximum Gasteiger partial charge on any atom is 0.125 e. The van der Waals surface area contributed by atoms with Crippen LogP contribution in [0.25, 0.3) is 10.8 Å². The molecule has 0 radical (unpaired) electrons. The Morgan fingerprint density at radius 1 is 1.12 bits per heavy atom. The number of oxime groups is 1. The van der Waals surface area contributed by atoms with Gasteiger partial charge in [0, 0.05) is 22.1 Å². The summed E-state index contributed by atoms with van der Waals surface area (Å²) in [6, 6.07) is 21.2. The van der Waals surface area contributed by atoms with Crippen LogP contribution in [0.3, 0.4) is 0 Å². The zero-order chi connectivity index (χ0) is 23.6. The van der Waals surface area contributed by atoms with Crippen molar-refractivity contribution in [2.75, 3.05) is 0 Å². The third-order valence-electron chi connectivity index (χ3n) is 5.24. The van der Waals surface area contributed by atoms with Crippen LogP contribution in [0.15, 0.2) is 112 Å². The molecule has 33 heavy (non-hydrogen) atoms. The Kier molecular flexibility index (Phi) is 9.47. The van der Waals surface area contributed by atoms with Crippen LogP contribution in [0, 0.1) is 6.92 Å². The van der Waals surface area contributed by atoms with Crippen molar-refractivity contribution < 1.29 is 4.28 Å². The Labute approximate surface area is 206 Å². The molecule has 3 aromatic rings. The monoisotopic (exact) mass is 473 g/mol. The van der Waals surface area contributed by atoms with Gasteiger partial charge in [-0.2, -0.15) is 0 Å². The average Bonchev–Trinajstić information content (AvgIpc) is 2.83. The van der Waals surface area contributed by atoms with Crippen LogP contribution in [0.1, 0.15) is 38.3 Å². The number of aryl methyl sites for hydroxylation is 1. The SMILES string of the molecule is C=C/C=C\C(C)=C\C.Cc1ccc(SO/N=C2\CC(C)Sc3ccc4ccccc4c32)cc1. The molecule has 0 spiro atoms. The molecule has 4 heteroatoms. The van der Waals surface area contributed by atoms with Gasteiger partial charge in [0.1, 0.15) is 12.0 Å². The second-order valence-corrected chi connectivity index (χ2v) is 10.2. The molecule has 0 fully saturated rings. The summed E-state index contributed by atoms with van der Waals surface area (Å²) < 4.78 is 5.65. The standard InChI is InChI=1S/C21H19NOS2.C8H12/c1-14-7-10-17(11-8-14)25-23-22-19-13-15(2)24-20-12-9-16-5-3-4-6-18(16)21(19)20;1-4-6-7-8(3)5-2/h3-12,15H,13H2,1-2H3;4-7H,1H2,2-3H3/b22-19+;7-6-,8-5+. The van der Waals surface area contributed by atoms with E-state index < -0.39 is 0 Å². The number of thioether (sulfide) groups is 1. The van der Waals surface area contributed by atoms with E-state index in [1.54, 1.807) is 6.08 Å². The first-order chi connectivity index (χ1) is 16.0. The fourth-order valence-corrected chi connectivity index (χ4v) is 5.01. The van der Waals surface area contributed by atoms with E-state index in [4.69, 9.17) is 4.28 Å². The molecular formula is C29H31NOS2. The van der Waals surface area contributed by atoms with E-state index in [9.17, 15) is 0 Å². The van der Waals surface area contributed by atoms with Gasteiger partial charge in [-0.1, -0.05) is 96.6 Å². The quantitative estimate of drug-likeness (QED) is 0.209. The molecule has 0 saturated heterocycles. The molecule has 4 rings (SSSR count). The number of rotatable bonds is 5. The summed E-state index contributed by atoms with van der Waals surface area (Å²) in [7, 11) is 0. The molecule has 1 atom stereocenters. The lowest BCUT2D eigenvalue weighted by Crippen LogP contribution is -2.16. The topological polar surface area (TPSA) is 21.6 Å². The van der Waals surface area contributed by atoms with Gasteiger partial charge in [0.05, 0.1) is 10.6 Å². The Bertz CT molecular complexity index is 1180. The van der Waals surface area contributed by atoms with Crippen LogP contribution in [-0.2, 0) is 4.28 Å². The van der Waals surface area contributed by atoms with E-state index in [-0.39, 0.29) is 0 Å². The van der Waals surface area contributed by atoms with Crippen LogP contribution < -0.4 is 0 Å². The van der Waals surface area contributed by atoms with Crippen molar-refractivity contribution in [3.8, 4) is 0 Å². The molecule has 0 saturated carbocycles. The van der Waals surface area contributed by atoms with Gasteiger partial charge in [0.25, 0.3) is 0 Å². The number of benzene rings is 3. The van der Waals surface area contributed by atoms with Crippen molar-refractivity contribution in [2.24, 2.45) is 5.16 Å². The summed E-state index contributed by atoms with van der Waals surface area (Å²) in [4.78, 5) is 2.35. The van der Waals surface area contributed by atoms with E-state index in [2.05, 4.69) is 99.2 Å². The van der Waals surface area contributed by atoms with Gasteiger partial charge >= 0.3 is 0 Å². The molecule has 3 aromatic carbocycles. The first kappa shape index (κ1) is 24.9. The molecule has 1 aliphatic rings. The van der Waals surface area contributed by atoms with E-state index in [1.165, 1.54) is 44.4 Å². The molecule has 170 valence electrons. The molecule has 1 heterocycles. The minimum Gasteiger partial charge on any atom is -0.317 e. The predicted octanol–water partition coefficient (Wildman–Crippen LogP) is 9.16. The second-order valence-electron chi connectivity index (χ2n) is 7.93. The van der Waals surface area contributed by atoms with Crippen molar-refractivity contribution in [2.45, 2.75) is 49.2 Å². The van der Waals surface area contributed by atoms with Crippen molar-refractivity contribution in [3.63, 3.8) is 0 Å². The molecule has 1 unspecified atom stereocenters. The van der Waals surface area contributed by atoms with Crippen LogP contribution in [0.4, 0.5) is 0 Å². The maximum absolute atomic E-state index is 5.65. The third kappa shape index (κ3) is 7.15. The van der Waals surface area contributed by atoms with E-state index in [1.807, 2.05) is 30.8 Å². The lowest BCUT2D eigenvalue weighted by Gasteiger charge is -2.23. The average molecular weight is 474 g/mol. The van der Waals surface area contributed by atoms with Crippen molar-refractivity contribution in [1.29, 1.82) is 0 Å². The van der Waals surface area contributed by atoms with Crippen molar-refractivity contribution >= 4 is 40.3 Å². The Hall–Kier alpha value is -2.69. The summed E-state index contributed by atoms with van der Waals surface area (Å²) in [5.41, 5.74) is 4.78. The summed E-state index contributed by atoms with van der Waals surface area (Å²) in [5.74, 6) is 0. The van der Waals surface area contributed by atoms with E-state index >= 15 is 0 Å². The zero-order valence-corrected chi connectivity index (χ0v) is 21.4. The molecule has 0 aliphatic carbocycles. The van der Waals surface area contributed by atoms with Crippen LogP contribution in [0.2, 0.25) is 0 Å². The highest BCUT2D eigenvalue weighted by Gasteiger charge is 2.24. The smallest absolute Gasteiger partial charge is 0.125 e. The Balaban J connectivity index is 0.000000331. The summed E-state index contributed by atoms with van der Waals surface area (Å²) in [6.45, 7) is 11.9. The van der Waals surface area contributed by atoms with Crippen LogP contribution in [0.5, 0.6) is 0 Å². The predicted molar refractivity (Wildman–Crippen MR) is 147 cm³/mol. The summed E-state index contributed by atoms with van der Waals surface area (Å²) >= 11 is 3.23. The van der Waals surface area contributed by atoms with Crippen LogP contribution >= 0.6 is 23.8 Å². The summed E-state index contributed by atoms with van der Waals surface area (Å²) in [5, 5.41) is 7.51. The van der Waals surface area contributed by atoms with Crippen molar-refractivity contribution in [3.05, 3.63) is 108 Å². The molecular weight excluding hydrogens is 442 g/mol. The summed E-state index contributed by atoms with van der Waals surface area (Å²) in [6.07, 6.45) is 8.69. The highest BCUT2D eigenvalue weighted by Crippen LogP contribution is 2.39. The molecule has 0 N–H and O–H groups in total. The van der Waals surface area contributed by atoms with Gasteiger partial charge < -0.3 is 4.28 Å². The van der Waals surface area contributed by atoms with Gasteiger partial charge in [0.2, 0.25) is 0 Å². The fraction of sp³-hybridized carbons (Fsp3) is 0.207. The number of allylic oxidation sites excluding steroid dienone is 5. The normalized spacial score (nSPS) is 16.9. The number of nitrogens with zero attached hydrogens (tertiary/aromatic N) is 1. The maximum atomic E-state index is 5.65. The number of fused-ring (bicyclic) bond motifs is 3. The largest absolute Gasteiger partial charge is 0.317 e.